The van der Waals surface area contributed by atoms with E-state index in [9.17, 15) is 9.59 Å². The second-order valence-electron chi connectivity index (χ2n) is 6.19. The van der Waals surface area contributed by atoms with Gasteiger partial charge in [0, 0.05) is 24.2 Å². The largest absolute Gasteiger partial charge is 0.323 e. The van der Waals surface area contributed by atoms with E-state index in [1.54, 1.807) is 4.90 Å². The van der Waals surface area contributed by atoms with E-state index in [1.165, 1.54) is 35.9 Å². The van der Waals surface area contributed by atoms with Crippen LogP contribution in [0.15, 0.2) is 5.38 Å². The molecule has 126 valence electrons. The fraction of sp³-hybridized carbons (Fsp3) is 0.667. The predicted octanol–water partition coefficient (Wildman–Crippen LogP) is 2.48. The molecule has 1 N–H and O–H groups in total. The van der Waals surface area contributed by atoms with Crippen molar-refractivity contribution >= 4 is 39.4 Å². The van der Waals surface area contributed by atoms with Gasteiger partial charge in [0.25, 0.3) is 5.24 Å². The number of thioether (sulfide) groups is 1. The highest BCUT2D eigenvalue weighted by molar-refractivity contribution is 8.13. The molecule has 0 bridgehead atoms. The molecular formula is C15H22N4O2S2. The molecule has 0 radical (unpaired) electrons. The van der Waals surface area contributed by atoms with Gasteiger partial charge in [-0.25, -0.2) is 4.98 Å². The summed E-state index contributed by atoms with van der Waals surface area (Å²) < 4.78 is 0. The first-order valence-corrected chi connectivity index (χ1v) is 9.85. The molecule has 0 aliphatic carbocycles. The van der Waals surface area contributed by atoms with Crippen LogP contribution in [0.25, 0.3) is 0 Å². The lowest BCUT2D eigenvalue weighted by Crippen LogP contribution is -2.33. The Morgan fingerprint density at radius 3 is 2.87 bits per heavy atom. The van der Waals surface area contributed by atoms with E-state index in [2.05, 4.69) is 22.1 Å². The van der Waals surface area contributed by atoms with Crippen molar-refractivity contribution in [2.45, 2.75) is 26.3 Å². The Morgan fingerprint density at radius 1 is 1.39 bits per heavy atom. The fourth-order valence-corrected chi connectivity index (χ4v) is 4.33. The van der Waals surface area contributed by atoms with Gasteiger partial charge in [-0.2, -0.15) is 0 Å². The van der Waals surface area contributed by atoms with Gasteiger partial charge in [0.05, 0.1) is 5.69 Å². The first-order chi connectivity index (χ1) is 11.1. The molecule has 6 nitrogen and oxygen atoms in total. The van der Waals surface area contributed by atoms with Crippen molar-refractivity contribution in [3.63, 3.8) is 0 Å². The molecule has 1 aromatic rings. The number of thiazole rings is 1. The van der Waals surface area contributed by atoms with E-state index < -0.39 is 0 Å². The van der Waals surface area contributed by atoms with Crippen LogP contribution in [0.3, 0.4) is 0 Å². The van der Waals surface area contributed by atoms with Crippen molar-refractivity contribution in [3.05, 3.63) is 11.1 Å². The van der Waals surface area contributed by atoms with Crippen LogP contribution < -0.4 is 5.32 Å². The van der Waals surface area contributed by atoms with E-state index in [0.29, 0.717) is 11.7 Å². The van der Waals surface area contributed by atoms with Gasteiger partial charge < -0.3 is 10.2 Å². The predicted molar refractivity (Wildman–Crippen MR) is 93.8 cm³/mol. The Hall–Kier alpha value is -1.12. The third kappa shape index (κ3) is 4.68. The topological polar surface area (TPSA) is 65.5 Å². The Labute approximate surface area is 144 Å². The lowest BCUT2D eigenvalue weighted by atomic mass is 9.99. The zero-order valence-electron chi connectivity index (χ0n) is 13.3. The minimum atomic E-state index is -0.173. The minimum absolute atomic E-state index is 0.0145. The highest BCUT2D eigenvalue weighted by Gasteiger charge is 2.23. The van der Waals surface area contributed by atoms with Crippen molar-refractivity contribution in [1.29, 1.82) is 0 Å². The second kappa shape index (κ2) is 7.63. The number of anilines is 1. The number of carbonyl (C=O) groups is 2. The van der Waals surface area contributed by atoms with Crippen LogP contribution in [0.4, 0.5) is 9.93 Å². The summed E-state index contributed by atoms with van der Waals surface area (Å²) in [7, 11) is 0. The number of hydrogen-bond donors (Lipinski definition) is 1. The second-order valence-corrected chi connectivity index (χ2v) is 8.09. The van der Waals surface area contributed by atoms with Gasteiger partial charge in [-0.1, -0.05) is 18.7 Å². The van der Waals surface area contributed by atoms with E-state index >= 15 is 0 Å². The summed E-state index contributed by atoms with van der Waals surface area (Å²) in [6, 6.07) is 0. The van der Waals surface area contributed by atoms with Crippen LogP contribution in [0, 0.1) is 5.92 Å². The fourth-order valence-electron chi connectivity index (χ4n) is 2.79. The Bertz CT molecular complexity index is 570. The van der Waals surface area contributed by atoms with Gasteiger partial charge in [0.15, 0.2) is 5.13 Å². The molecule has 2 fully saturated rings. The number of aromatic nitrogens is 1. The average molecular weight is 355 g/mol. The van der Waals surface area contributed by atoms with E-state index in [4.69, 9.17) is 0 Å². The zero-order valence-corrected chi connectivity index (χ0v) is 14.9. The summed E-state index contributed by atoms with van der Waals surface area (Å²) in [6.45, 7) is 6.15. The Morgan fingerprint density at radius 2 is 2.17 bits per heavy atom. The first kappa shape index (κ1) is 16.7. The molecule has 1 aromatic heterocycles. The number of rotatable bonds is 5. The van der Waals surface area contributed by atoms with Crippen LogP contribution >= 0.6 is 23.1 Å². The quantitative estimate of drug-likeness (QED) is 0.880. The van der Waals surface area contributed by atoms with Crippen molar-refractivity contribution in [1.82, 2.24) is 14.8 Å². The molecule has 3 heterocycles. The zero-order chi connectivity index (χ0) is 16.2. The van der Waals surface area contributed by atoms with Crippen LogP contribution in [0.2, 0.25) is 0 Å². The minimum Gasteiger partial charge on any atom is -0.323 e. The number of carbonyl (C=O) groups excluding carboxylic acids is 2. The molecule has 23 heavy (non-hydrogen) atoms. The average Bonchev–Trinajstić information content (AvgIpc) is 3.11. The molecule has 3 rings (SSSR count). The number of nitrogens with one attached hydrogen (secondary N) is 1. The molecule has 2 saturated heterocycles. The lowest BCUT2D eigenvalue weighted by Gasteiger charge is -2.29. The van der Waals surface area contributed by atoms with E-state index in [0.717, 1.165) is 37.0 Å². The maximum absolute atomic E-state index is 12.0. The van der Waals surface area contributed by atoms with Gasteiger partial charge >= 0.3 is 0 Å². The summed E-state index contributed by atoms with van der Waals surface area (Å²) in [6.07, 6.45) is 2.49. The summed E-state index contributed by atoms with van der Waals surface area (Å²) in [5, 5.41) is 5.41. The van der Waals surface area contributed by atoms with Crippen LogP contribution in [0.5, 0.6) is 0 Å². The molecule has 0 saturated carbocycles. The van der Waals surface area contributed by atoms with Crippen molar-refractivity contribution in [2.75, 3.05) is 37.2 Å². The molecule has 0 atom stereocenters. The Kier molecular flexibility index (Phi) is 5.55. The third-order valence-electron chi connectivity index (χ3n) is 4.24. The maximum Gasteiger partial charge on any atom is 0.282 e. The molecule has 2 aliphatic heterocycles. The smallest absolute Gasteiger partial charge is 0.282 e. The van der Waals surface area contributed by atoms with Crippen molar-refractivity contribution in [2.24, 2.45) is 5.92 Å². The Balaban J connectivity index is 1.47. The standard InChI is InChI=1S/C15H22N4O2S2/c1-11-2-4-18(5-3-11)8-12-10-23-14(16-12)17-13(20)9-19-6-7-22-15(19)21/h10-11H,2-9H2,1H3,(H,16,17,20). The summed E-state index contributed by atoms with van der Waals surface area (Å²) in [5.41, 5.74) is 1.01. The SMILES string of the molecule is CC1CCN(Cc2csc(NC(=O)CN3CCSC3=O)n2)CC1. The summed E-state index contributed by atoms with van der Waals surface area (Å²) in [4.78, 5) is 32.0. The van der Waals surface area contributed by atoms with Crippen molar-refractivity contribution in [3.8, 4) is 0 Å². The normalized spacial score (nSPS) is 20.2. The van der Waals surface area contributed by atoms with Gasteiger partial charge in [-0.3, -0.25) is 14.5 Å². The molecule has 2 amide bonds. The molecule has 0 unspecified atom stereocenters. The highest BCUT2D eigenvalue weighted by Crippen LogP contribution is 2.21. The molecular weight excluding hydrogens is 332 g/mol. The van der Waals surface area contributed by atoms with E-state index in [1.807, 2.05) is 5.38 Å². The first-order valence-electron chi connectivity index (χ1n) is 7.98. The summed E-state index contributed by atoms with van der Waals surface area (Å²) in [5.74, 6) is 1.42. The highest BCUT2D eigenvalue weighted by atomic mass is 32.2. The van der Waals surface area contributed by atoms with Crippen LogP contribution in [0.1, 0.15) is 25.5 Å². The van der Waals surface area contributed by atoms with Crippen molar-refractivity contribution < 1.29 is 9.59 Å². The van der Waals surface area contributed by atoms with Crippen LogP contribution in [-0.2, 0) is 11.3 Å². The van der Waals surface area contributed by atoms with Gasteiger partial charge in [0.2, 0.25) is 5.91 Å². The molecule has 0 spiro atoms. The van der Waals surface area contributed by atoms with E-state index in [-0.39, 0.29) is 17.7 Å². The number of piperidine rings is 1. The molecule has 8 heteroatoms. The summed E-state index contributed by atoms with van der Waals surface area (Å²) >= 11 is 2.71. The van der Waals surface area contributed by atoms with Gasteiger partial charge in [0.1, 0.15) is 6.54 Å². The molecule has 0 aromatic carbocycles. The number of likely N-dealkylation sites (tertiary alicyclic amines) is 1. The number of nitrogens with zero attached hydrogens (tertiary/aromatic N) is 3. The maximum atomic E-state index is 12.0. The van der Waals surface area contributed by atoms with Gasteiger partial charge in [-0.15, -0.1) is 11.3 Å². The van der Waals surface area contributed by atoms with Crippen LogP contribution in [-0.4, -0.2) is 57.9 Å². The van der Waals surface area contributed by atoms with Gasteiger partial charge in [-0.05, 0) is 31.8 Å². The number of amides is 2. The third-order valence-corrected chi connectivity index (χ3v) is 5.94. The lowest BCUT2D eigenvalue weighted by molar-refractivity contribution is -0.116. The monoisotopic (exact) mass is 354 g/mol. The number of hydrogen-bond acceptors (Lipinski definition) is 6. The molecule has 2 aliphatic rings.